The van der Waals surface area contributed by atoms with Crippen LogP contribution in [0.3, 0.4) is 0 Å². The number of piperazine rings is 1. The van der Waals surface area contributed by atoms with Crippen LogP contribution in [0.4, 0.5) is 5.69 Å². The van der Waals surface area contributed by atoms with Crippen LogP contribution in [0.2, 0.25) is 0 Å². The van der Waals surface area contributed by atoms with E-state index in [0.29, 0.717) is 6.42 Å². The Morgan fingerprint density at radius 2 is 1.96 bits per heavy atom. The highest BCUT2D eigenvalue weighted by Crippen LogP contribution is 2.23. The van der Waals surface area contributed by atoms with E-state index in [1.54, 1.807) is 12.4 Å². The summed E-state index contributed by atoms with van der Waals surface area (Å²) < 4.78 is 6.15. The zero-order valence-corrected chi connectivity index (χ0v) is 15.0. The van der Waals surface area contributed by atoms with Crippen LogP contribution in [-0.2, 0) is 4.79 Å². The second kappa shape index (κ2) is 8.67. The molecule has 0 bridgehead atoms. The van der Waals surface area contributed by atoms with Gasteiger partial charge in [-0.15, -0.1) is 0 Å². The first-order valence-corrected chi connectivity index (χ1v) is 8.97. The van der Waals surface area contributed by atoms with E-state index in [1.807, 2.05) is 42.5 Å². The van der Waals surface area contributed by atoms with E-state index < -0.39 is 5.97 Å². The molecule has 2 atom stereocenters. The maximum absolute atomic E-state index is 11.1. The van der Waals surface area contributed by atoms with Crippen molar-refractivity contribution in [1.29, 1.82) is 0 Å². The Morgan fingerprint density at radius 1 is 1.23 bits per heavy atom. The van der Waals surface area contributed by atoms with Gasteiger partial charge in [0.25, 0.3) is 0 Å². The molecule has 6 nitrogen and oxygen atoms in total. The van der Waals surface area contributed by atoms with Crippen molar-refractivity contribution in [2.24, 2.45) is 0 Å². The molecule has 0 aliphatic carbocycles. The standard InChI is InChI=1S/C20H25N3O3/c1-16-15-22(17-9-11-21-12-10-17)13-14-23(16)19(7-8-20(24)25)26-18-5-3-2-4-6-18/h2-6,9-12,16,19H,7-8,13-15H2,1H3,(H,24,25). The average Bonchev–Trinajstić information content (AvgIpc) is 2.66. The van der Waals surface area contributed by atoms with Gasteiger partial charge in [0.05, 0.1) is 6.42 Å². The molecule has 138 valence electrons. The molecular weight excluding hydrogens is 330 g/mol. The number of carboxylic acids is 1. The Balaban J connectivity index is 1.69. The van der Waals surface area contributed by atoms with Crippen LogP contribution < -0.4 is 9.64 Å². The van der Waals surface area contributed by atoms with Gasteiger partial charge < -0.3 is 14.7 Å². The molecule has 0 spiro atoms. The molecule has 1 N–H and O–H groups in total. The molecule has 0 radical (unpaired) electrons. The van der Waals surface area contributed by atoms with Gasteiger partial charge in [-0.05, 0) is 31.2 Å². The van der Waals surface area contributed by atoms with Crippen LogP contribution in [0, 0.1) is 0 Å². The van der Waals surface area contributed by atoms with Gasteiger partial charge in [-0.1, -0.05) is 18.2 Å². The maximum atomic E-state index is 11.1. The number of hydrogen-bond donors (Lipinski definition) is 1. The molecule has 1 aromatic heterocycles. The molecule has 1 fully saturated rings. The summed E-state index contributed by atoms with van der Waals surface area (Å²) in [5.74, 6) is -0.0265. The fraction of sp³-hybridized carbons (Fsp3) is 0.400. The molecule has 2 heterocycles. The van der Waals surface area contributed by atoms with Gasteiger partial charge in [-0.25, -0.2) is 0 Å². The van der Waals surface area contributed by atoms with Crippen molar-refractivity contribution < 1.29 is 14.6 Å². The highest BCUT2D eigenvalue weighted by Gasteiger charge is 2.31. The van der Waals surface area contributed by atoms with Crippen molar-refractivity contribution in [3.63, 3.8) is 0 Å². The first-order valence-electron chi connectivity index (χ1n) is 8.97. The summed E-state index contributed by atoms with van der Waals surface area (Å²) in [4.78, 5) is 19.8. The van der Waals surface area contributed by atoms with E-state index >= 15 is 0 Å². The fourth-order valence-corrected chi connectivity index (χ4v) is 3.38. The third-order valence-electron chi connectivity index (χ3n) is 4.70. The molecule has 2 aromatic rings. The minimum absolute atomic E-state index is 0.0921. The predicted molar refractivity (Wildman–Crippen MR) is 100 cm³/mol. The van der Waals surface area contributed by atoms with Gasteiger partial charge in [0.1, 0.15) is 5.75 Å². The molecule has 1 saturated heterocycles. The molecule has 3 rings (SSSR count). The van der Waals surface area contributed by atoms with E-state index in [2.05, 4.69) is 21.7 Å². The lowest BCUT2D eigenvalue weighted by Gasteiger charge is -2.44. The van der Waals surface area contributed by atoms with E-state index in [0.717, 1.165) is 31.1 Å². The van der Waals surface area contributed by atoms with Crippen molar-refractivity contribution in [3.8, 4) is 5.75 Å². The van der Waals surface area contributed by atoms with Crippen LogP contribution in [0.15, 0.2) is 54.9 Å². The number of hydrogen-bond acceptors (Lipinski definition) is 5. The number of rotatable bonds is 7. The van der Waals surface area contributed by atoms with Gasteiger partial charge in [-0.2, -0.15) is 0 Å². The van der Waals surface area contributed by atoms with E-state index in [1.165, 1.54) is 0 Å². The second-order valence-corrected chi connectivity index (χ2v) is 6.56. The summed E-state index contributed by atoms with van der Waals surface area (Å²) in [6.07, 6.45) is 3.92. The predicted octanol–water partition coefficient (Wildman–Crippen LogP) is 2.86. The molecule has 1 aliphatic rings. The zero-order chi connectivity index (χ0) is 18.4. The maximum Gasteiger partial charge on any atom is 0.303 e. The first kappa shape index (κ1) is 18.2. The quantitative estimate of drug-likeness (QED) is 0.824. The summed E-state index contributed by atoms with van der Waals surface area (Å²) in [6, 6.07) is 13.9. The van der Waals surface area contributed by atoms with Crippen molar-refractivity contribution in [3.05, 3.63) is 54.9 Å². The molecule has 1 aromatic carbocycles. The lowest BCUT2D eigenvalue weighted by molar-refractivity contribution is -0.138. The van der Waals surface area contributed by atoms with Crippen molar-refractivity contribution in [1.82, 2.24) is 9.88 Å². The summed E-state index contributed by atoms with van der Waals surface area (Å²) >= 11 is 0. The van der Waals surface area contributed by atoms with Gasteiger partial charge >= 0.3 is 5.97 Å². The first-order chi connectivity index (χ1) is 12.6. The number of nitrogens with zero attached hydrogens (tertiary/aromatic N) is 3. The third-order valence-corrected chi connectivity index (χ3v) is 4.70. The summed E-state index contributed by atoms with van der Waals surface area (Å²) in [5, 5.41) is 9.10. The normalized spacial score (nSPS) is 19.1. The third kappa shape index (κ3) is 4.73. The number of carbonyl (C=O) groups is 1. The average molecular weight is 355 g/mol. The molecular formula is C20H25N3O3. The van der Waals surface area contributed by atoms with Gasteiger partial charge in [0.15, 0.2) is 6.23 Å². The van der Waals surface area contributed by atoms with E-state index in [-0.39, 0.29) is 18.7 Å². The molecule has 0 amide bonds. The number of ether oxygens (including phenoxy) is 1. The Labute approximate surface area is 154 Å². The fourth-order valence-electron chi connectivity index (χ4n) is 3.38. The van der Waals surface area contributed by atoms with Gasteiger partial charge in [0.2, 0.25) is 0 Å². The summed E-state index contributed by atoms with van der Waals surface area (Å²) in [5.41, 5.74) is 1.16. The molecule has 1 aliphatic heterocycles. The Hall–Kier alpha value is -2.60. The minimum atomic E-state index is -0.797. The largest absolute Gasteiger partial charge is 0.481 e. The number of aliphatic carboxylic acids is 1. The Kier molecular flexibility index (Phi) is 6.07. The Morgan fingerprint density at radius 3 is 2.62 bits per heavy atom. The lowest BCUT2D eigenvalue weighted by Crippen LogP contribution is -2.57. The summed E-state index contributed by atoms with van der Waals surface area (Å²) in [7, 11) is 0. The molecule has 26 heavy (non-hydrogen) atoms. The van der Waals surface area contributed by atoms with Crippen molar-refractivity contribution in [2.45, 2.75) is 32.0 Å². The number of benzene rings is 1. The van der Waals surface area contributed by atoms with Gasteiger partial charge in [-0.3, -0.25) is 14.7 Å². The highest BCUT2D eigenvalue weighted by atomic mass is 16.5. The van der Waals surface area contributed by atoms with Crippen LogP contribution in [0.25, 0.3) is 0 Å². The second-order valence-electron chi connectivity index (χ2n) is 6.56. The molecule has 0 saturated carbocycles. The highest BCUT2D eigenvalue weighted by molar-refractivity contribution is 5.66. The lowest BCUT2D eigenvalue weighted by atomic mass is 10.1. The topological polar surface area (TPSA) is 65.9 Å². The van der Waals surface area contributed by atoms with Crippen LogP contribution in [-0.4, -0.2) is 52.9 Å². The number of carboxylic acid groups (broad SMARTS) is 1. The van der Waals surface area contributed by atoms with E-state index in [9.17, 15) is 4.79 Å². The van der Waals surface area contributed by atoms with E-state index in [4.69, 9.17) is 9.84 Å². The summed E-state index contributed by atoms with van der Waals surface area (Å²) in [6.45, 7) is 4.72. The Bertz CT molecular complexity index is 696. The van der Waals surface area contributed by atoms with Crippen molar-refractivity contribution >= 4 is 11.7 Å². The number of anilines is 1. The molecule has 6 heteroatoms. The zero-order valence-electron chi connectivity index (χ0n) is 15.0. The van der Waals surface area contributed by atoms with Crippen LogP contribution in [0.1, 0.15) is 19.8 Å². The van der Waals surface area contributed by atoms with Crippen LogP contribution in [0.5, 0.6) is 5.75 Å². The van der Waals surface area contributed by atoms with Crippen LogP contribution >= 0.6 is 0 Å². The molecule has 2 unspecified atom stereocenters. The monoisotopic (exact) mass is 355 g/mol. The number of aromatic nitrogens is 1. The SMILES string of the molecule is CC1CN(c2ccncc2)CCN1C(CCC(=O)O)Oc1ccccc1. The number of para-hydroxylation sites is 1. The van der Waals surface area contributed by atoms with Gasteiger partial charge in [0, 0.05) is 50.2 Å². The number of pyridine rings is 1. The van der Waals surface area contributed by atoms with Crippen molar-refractivity contribution in [2.75, 3.05) is 24.5 Å². The minimum Gasteiger partial charge on any atom is -0.481 e. The smallest absolute Gasteiger partial charge is 0.303 e.